The maximum atomic E-state index is 13.3. The average molecular weight is 480 g/mol. The molecule has 0 radical (unpaired) electrons. The van der Waals surface area contributed by atoms with Gasteiger partial charge in [-0.15, -0.1) is 17.9 Å². The lowest BCUT2D eigenvalue weighted by atomic mass is 9.97. The summed E-state index contributed by atoms with van der Waals surface area (Å²) in [6, 6.07) is 6.96. The number of hydrogen-bond acceptors (Lipinski definition) is 6. The Bertz CT molecular complexity index is 1290. The number of carbonyl (C=O) groups is 2. The van der Waals surface area contributed by atoms with E-state index in [0.717, 1.165) is 41.7 Å². The van der Waals surface area contributed by atoms with E-state index in [1.807, 2.05) is 0 Å². The second kappa shape index (κ2) is 9.27. The Kier molecular flexibility index (Phi) is 6.21. The van der Waals surface area contributed by atoms with Crippen molar-refractivity contribution in [3.63, 3.8) is 0 Å². The van der Waals surface area contributed by atoms with E-state index in [0.29, 0.717) is 35.8 Å². The van der Waals surface area contributed by atoms with Crippen molar-refractivity contribution in [1.82, 2.24) is 14.5 Å². The summed E-state index contributed by atoms with van der Waals surface area (Å²) in [5.74, 6) is 0.331. The Labute approximate surface area is 200 Å². The molecule has 0 saturated heterocycles. The average Bonchev–Trinajstić information content (AvgIpc) is 3.32. The highest BCUT2D eigenvalue weighted by Crippen LogP contribution is 2.34. The van der Waals surface area contributed by atoms with Crippen LogP contribution in [-0.4, -0.2) is 38.6 Å². The Hall–Kier alpha value is -2.71. The molecule has 1 aliphatic heterocycles. The first-order valence-corrected chi connectivity index (χ1v) is 13.1. The first-order chi connectivity index (χ1) is 16.1. The van der Waals surface area contributed by atoms with E-state index in [2.05, 4.69) is 6.58 Å². The molecule has 0 spiro atoms. The van der Waals surface area contributed by atoms with Crippen LogP contribution in [0.2, 0.25) is 0 Å². The lowest BCUT2D eigenvalue weighted by molar-refractivity contribution is 0.0652. The highest BCUT2D eigenvalue weighted by molar-refractivity contribution is 7.99. The fourth-order valence-electron chi connectivity index (χ4n) is 4.60. The zero-order valence-corrected chi connectivity index (χ0v) is 20.0. The third-order valence-corrected chi connectivity index (χ3v) is 8.49. The van der Waals surface area contributed by atoms with Gasteiger partial charge >= 0.3 is 0 Å². The van der Waals surface area contributed by atoms with E-state index in [1.54, 1.807) is 58.0 Å². The van der Waals surface area contributed by atoms with Crippen molar-refractivity contribution >= 4 is 45.1 Å². The molecule has 0 fully saturated rings. The predicted octanol–water partition coefficient (Wildman–Crippen LogP) is 4.69. The van der Waals surface area contributed by atoms with Crippen molar-refractivity contribution in [2.75, 3.05) is 12.3 Å². The smallest absolute Gasteiger partial charge is 0.263 e. The zero-order valence-electron chi connectivity index (χ0n) is 18.3. The number of carbonyl (C=O) groups excluding carboxylic acids is 2. The summed E-state index contributed by atoms with van der Waals surface area (Å²) in [7, 11) is 0. The molecule has 0 N–H and O–H groups in total. The van der Waals surface area contributed by atoms with Gasteiger partial charge in [0, 0.05) is 23.7 Å². The second-order valence-electron chi connectivity index (χ2n) is 8.35. The molecule has 0 bridgehead atoms. The highest BCUT2D eigenvalue weighted by Gasteiger charge is 2.34. The van der Waals surface area contributed by atoms with E-state index < -0.39 is 0 Å². The van der Waals surface area contributed by atoms with Gasteiger partial charge in [0.15, 0.2) is 5.16 Å². The Morgan fingerprint density at radius 1 is 1.06 bits per heavy atom. The lowest BCUT2D eigenvalue weighted by Crippen LogP contribution is -2.30. The molecule has 33 heavy (non-hydrogen) atoms. The van der Waals surface area contributed by atoms with Crippen LogP contribution in [0.15, 0.2) is 46.9 Å². The van der Waals surface area contributed by atoms with Crippen LogP contribution in [0.3, 0.4) is 0 Å². The number of hydrogen-bond donors (Lipinski definition) is 0. The summed E-state index contributed by atoms with van der Waals surface area (Å²) in [6.07, 6.45) is 7.56. The van der Waals surface area contributed by atoms with Crippen molar-refractivity contribution in [2.24, 2.45) is 0 Å². The molecule has 2 amide bonds. The number of rotatable bonds is 8. The second-order valence-corrected chi connectivity index (χ2v) is 10.5. The van der Waals surface area contributed by atoms with Gasteiger partial charge < -0.3 is 0 Å². The summed E-state index contributed by atoms with van der Waals surface area (Å²) in [4.78, 5) is 46.7. The molecule has 2 aliphatic rings. The summed E-state index contributed by atoms with van der Waals surface area (Å²) < 4.78 is 1.73. The summed E-state index contributed by atoms with van der Waals surface area (Å²) in [5.41, 5.74) is 2.21. The van der Waals surface area contributed by atoms with Gasteiger partial charge in [-0.3, -0.25) is 23.9 Å². The van der Waals surface area contributed by atoms with Crippen LogP contribution in [0.4, 0.5) is 0 Å². The van der Waals surface area contributed by atoms with Gasteiger partial charge in [0.2, 0.25) is 0 Å². The number of imide groups is 1. The molecule has 1 aliphatic carbocycles. The standard InChI is InChI=1S/C25H25N3O3S2/c1-2-13-28-24(31)20-18-11-5-6-12-19(18)33-21(20)26-25(28)32-15-8-7-14-27-22(29)16-9-3-4-10-17(16)23(27)30/h2-4,9-10H,1,5-8,11-15H2. The summed E-state index contributed by atoms with van der Waals surface area (Å²) in [6.45, 7) is 4.65. The summed E-state index contributed by atoms with van der Waals surface area (Å²) in [5, 5.41) is 1.51. The normalized spacial score (nSPS) is 15.2. The van der Waals surface area contributed by atoms with Crippen molar-refractivity contribution in [3.8, 4) is 0 Å². The fourth-order valence-corrected chi connectivity index (χ4v) is 6.91. The third-order valence-electron chi connectivity index (χ3n) is 6.24. The molecule has 5 rings (SSSR count). The number of benzene rings is 1. The Morgan fingerprint density at radius 2 is 1.79 bits per heavy atom. The summed E-state index contributed by atoms with van der Waals surface area (Å²) >= 11 is 3.22. The maximum absolute atomic E-state index is 13.3. The SMILES string of the molecule is C=CCn1c(SCCCCN2C(=O)c3ccccc3C2=O)nc2sc3c(c2c1=O)CCCC3. The zero-order chi connectivity index (χ0) is 22.9. The number of thioether (sulfide) groups is 1. The van der Waals surface area contributed by atoms with Crippen molar-refractivity contribution in [2.45, 2.75) is 50.2 Å². The minimum atomic E-state index is -0.211. The van der Waals surface area contributed by atoms with Crippen LogP contribution in [0.1, 0.15) is 56.8 Å². The molecule has 170 valence electrons. The number of nitrogens with zero attached hydrogens (tertiary/aromatic N) is 3. The first-order valence-electron chi connectivity index (χ1n) is 11.3. The molecular weight excluding hydrogens is 454 g/mol. The molecule has 3 aromatic rings. The van der Waals surface area contributed by atoms with E-state index in [-0.39, 0.29) is 17.4 Å². The molecule has 8 heteroatoms. The predicted molar refractivity (Wildman–Crippen MR) is 132 cm³/mol. The minimum Gasteiger partial charge on any atom is -0.283 e. The van der Waals surface area contributed by atoms with Crippen LogP contribution in [0, 0.1) is 0 Å². The largest absolute Gasteiger partial charge is 0.283 e. The monoisotopic (exact) mass is 479 g/mol. The van der Waals surface area contributed by atoms with Crippen molar-refractivity contribution in [3.05, 3.63) is 68.8 Å². The number of fused-ring (bicyclic) bond motifs is 4. The van der Waals surface area contributed by atoms with Crippen LogP contribution < -0.4 is 5.56 Å². The number of thiophene rings is 1. The maximum Gasteiger partial charge on any atom is 0.263 e. The fraction of sp³-hybridized carbons (Fsp3) is 0.360. The van der Waals surface area contributed by atoms with Crippen LogP contribution in [0.5, 0.6) is 0 Å². The molecule has 6 nitrogen and oxygen atoms in total. The minimum absolute atomic E-state index is 0.0350. The van der Waals surface area contributed by atoms with Gasteiger partial charge in [-0.1, -0.05) is 30.0 Å². The molecule has 3 heterocycles. The van der Waals surface area contributed by atoms with Gasteiger partial charge in [0.25, 0.3) is 17.4 Å². The van der Waals surface area contributed by atoms with Gasteiger partial charge in [0.05, 0.1) is 16.5 Å². The van der Waals surface area contributed by atoms with Gasteiger partial charge in [-0.2, -0.15) is 0 Å². The number of amides is 2. The van der Waals surface area contributed by atoms with E-state index in [4.69, 9.17) is 4.98 Å². The van der Waals surface area contributed by atoms with Crippen LogP contribution in [-0.2, 0) is 19.4 Å². The van der Waals surface area contributed by atoms with Gasteiger partial charge in [-0.05, 0) is 56.2 Å². The Morgan fingerprint density at radius 3 is 2.52 bits per heavy atom. The van der Waals surface area contributed by atoms with Crippen LogP contribution >= 0.6 is 23.1 Å². The Balaban J connectivity index is 1.26. The van der Waals surface area contributed by atoms with Crippen molar-refractivity contribution in [1.29, 1.82) is 0 Å². The quantitative estimate of drug-likeness (QED) is 0.154. The van der Waals surface area contributed by atoms with Crippen molar-refractivity contribution < 1.29 is 9.59 Å². The molecule has 0 unspecified atom stereocenters. The molecule has 0 atom stereocenters. The van der Waals surface area contributed by atoms with Gasteiger partial charge in [0.1, 0.15) is 4.83 Å². The lowest BCUT2D eigenvalue weighted by Gasteiger charge is -2.14. The molecule has 0 saturated carbocycles. The van der Waals surface area contributed by atoms with E-state index in [1.165, 1.54) is 21.8 Å². The number of aryl methyl sites for hydroxylation is 2. The number of aromatic nitrogens is 2. The van der Waals surface area contributed by atoms with Gasteiger partial charge in [-0.25, -0.2) is 4.98 Å². The highest BCUT2D eigenvalue weighted by atomic mass is 32.2. The molecule has 2 aromatic heterocycles. The number of unbranched alkanes of at least 4 members (excludes halogenated alkanes) is 1. The topological polar surface area (TPSA) is 72.3 Å². The van der Waals surface area contributed by atoms with E-state index >= 15 is 0 Å². The molecular formula is C25H25N3O3S2. The van der Waals surface area contributed by atoms with Crippen LogP contribution in [0.25, 0.3) is 10.2 Å². The number of allylic oxidation sites excluding steroid dienone is 1. The first kappa shape index (κ1) is 22.1. The third kappa shape index (κ3) is 3.95. The molecule has 1 aromatic carbocycles. The van der Waals surface area contributed by atoms with E-state index in [9.17, 15) is 14.4 Å².